The minimum absolute atomic E-state index is 0.672. The summed E-state index contributed by atoms with van der Waals surface area (Å²) in [5.74, 6) is 0. The lowest BCUT2D eigenvalue weighted by molar-refractivity contribution is 0.920. The summed E-state index contributed by atoms with van der Waals surface area (Å²) in [4.78, 5) is 4.64. The zero-order chi connectivity index (χ0) is 13.1. The number of rotatable bonds is 4. The summed E-state index contributed by atoms with van der Waals surface area (Å²) >= 11 is 1.74. The highest BCUT2D eigenvalue weighted by molar-refractivity contribution is 7.09. The predicted octanol–water partition coefficient (Wildman–Crippen LogP) is 3.16. The first-order chi connectivity index (χ1) is 8.60. The summed E-state index contributed by atoms with van der Waals surface area (Å²) in [7, 11) is 0. The molecule has 0 amide bonds. The smallest absolute Gasteiger partial charge is 0.0972 e. The van der Waals surface area contributed by atoms with Gasteiger partial charge in [0, 0.05) is 18.2 Å². The number of benzene rings is 1. The Morgan fingerprint density at radius 1 is 1.17 bits per heavy atom. The normalized spacial score (nSPS) is 10.9. The third-order valence-electron chi connectivity index (χ3n) is 3.17. The van der Waals surface area contributed by atoms with Crippen molar-refractivity contribution in [3.8, 4) is 0 Å². The van der Waals surface area contributed by atoms with Crippen LogP contribution in [0.25, 0.3) is 0 Å². The quantitative estimate of drug-likeness (QED) is 0.917. The van der Waals surface area contributed by atoms with E-state index in [1.165, 1.54) is 27.3 Å². The third-order valence-corrected chi connectivity index (χ3v) is 4.07. The second-order valence-corrected chi connectivity index (χ2v) is 5.77. The summed E-state index contributed by atoms with van der Waals surface area (Å²) in [5, 5.41) is 3.31. The van der Waals surface area contributed by atoms with Crippen molar-refractivity contribution in [2.24, 2.45) is 5.73 Å². The van der Waals surface area contributed by atoms with E-state index in [0.29, 0.717) is 6.54 Å². The van der Waals surface area contributed by atoms with Gasteiger partial charge in [-0.15, -0.1) is 11.3 Å². The van der Waals surface area contributed by atoms with Gasteiger partial charge in [-0.25, -0.2) is 4.98 Å². The monoisotopic (exact) mass is 260 g/mol. The Hall–Kier alpha value is -1.19. The van der Waals surface area contributed by atoms with Crippen LogP contribution < -0.4 is 5.73 Å². The number of nitrogens with zero attached hydrogens (tertiary/aromatic N) is 1. The van der Waals surface area contributed by atoms with E-state index in [1.807, 2.05) is 0 Å². The molecule has 0 saturated heterocycles. The first-order valence-corrected chi connectivity index (χ1v) is 7.18. The van der Waals surface area contributed by atoms with Crippen LogP contribution in [0.3, 0.4) is 0 Å². The lowest BCUT2D eigenvalue weighted by Crippen LogP contribution is -2.03. The Morgan fingerprint density at radius 2 is 1.83 bits per heavy atom. The average Bonchev–Trinajstić information content (AvgIpc) is 2.72. The van der Waals surface area contributed by atoms with E-state index in [9.17, 15) is 0 Å². The van der Waals surface area contributed by atoms with Crippen molar-refractivity contribution >= 4 is 11.3 Å². The molecular formula is C15H20N2S. The van der Waals surface area contributed by atoms with Crippen LogP contribution in [0.5, 0.6) is 0 Å². The molecule has 2 N–H and O–H groups in total. The van der Waals surface area contributed by atoms with Gasteiger partial charge in [0.15, 0.2) is 0 Å². The molecule has 96 valence electrons. The summed E-state index contributed by atoms with van der Waals surface area (Å²) in [6, 6.07) is 4.49. The molecule has 3 heteroatoms. The second-order valence-electron chi connectivity index (χ2n) is 4.83. The molecule has 0 bridgehead atoms. The average molecular weight is 260 g/mol. The SMILES string of the molecule is Cc1cc(C)c(Cc2nc(CCN)cs2)c(C)c1. The molecule has 0 unspecified atom stereocenters. The molecule has 1 aromatic heterocycles. The van der Waals surface area contributed by atoms with Gasteiger partial charge in [-0.1, -0.05) is 17.7 Å². The minimum atomic E-state index is 0.672. The van der Waals surface area contributed by atoms with Crippen molar-refractivity contribution < 1.29 is 0 Å². The van der Waals surface area contributed by atoms with E-state index in [1.54, 1.807) is 11.3 Å². The lowest BCUT2D eigenvalue weighted by Gasteiger charge is -2.09. The Morgan fingerprint density at radius 3 is 2.44 bits per heavy atom. The van der Waals surface area contributed by atoms with Gasteiger partial charge in [0.25, 0.3) is 0 Å². The number of aromatic nitrogens is 1. The van der Waals surface area contributed by atoms with Crippen molar-refractivity contribution in [1.29, 1.82) is 0 Å². The number of hydrogen-bond acceptors (Lipinski definition) is 3. The number of thiazole rings is 1. The number of hydrogen-bond donors (Lipinski definition) is 1. The fourth-order valence-electron chi connectivity index (χ4n) is 2.33. The Bertz CT molecular complexity index is 520. The highest BCUT2D eigenvalue weighted by Crippen LogP contribution is 2.22. The Balaban J connectivity index is 2.22. The van der Waals surface area contributed by atoms with Crippen molar-refractivity contribution in [2.45, 2.75) is 33.6 Å². The van der Waals surface area contributed by atoms with E-state index in [2.05, 4.69) is 43.3 Å². The van der Waals surface area contributed by atoms with Crippen molar-refractivity contribution in [1.82, 2.24) is 4.98 Å². The van der Waals surface area contributed by atoms with Gasteiger partial charge in [-0.2, -0.15) is 0 Å². The van der Waals surface area contributed by atoms with Crippen LogP contribution in [0.1, 0.15) is 33.0 Å². The first kappa shape index (κ1) is 13.2. The second kappa shape index (κ2) is 5.63. The van der Waals surface area contributed by atoms with Crippen LogP contribution in [0.4, 0.5) is 0 Å². The van der Waals surface area contributed by atoms with Gasteiger partial charge in [0.05, 0.1) is 10.7 Å². The molecule has 0 fully saturated rings. The summed E-state index contributed by atoms with van der Waals surface area (Å²) < 4.78 is 0. The standard InChI is InChI=1S/C15H20N2S/c1-10-6-11(2)14(12(3)7-10)8-15-17-13(4-5-16)9-18-15/h6-7,9H,4-5,8,16H2,1-3H3. The summed E-state index contributed by atoms with van der Waals surface area (Å²) in [6.07, 6.45) is 1.82. The molecule has 2 nitrogen and oxygen atoms in total. The molecule has 0 spiro atoms. The van der Waals surface area contributed by atoms with Gasteiger partial charge < -0.3 is 5.73 Å². The topological polar surface area (TPSA) is 38.9 Å². The molecule has 1 aromatic carbocycles. The molecule has 1 heterocycles. The molecule has 2 rings (SSSR count). The zero-order valence-electron chi connectivity index (χ0n) is 11.3. The van der Waals surface area contributed by atoms with E-state index in [4.69, 9.17) is 5.73 Å². The van der Waals surface area contributed by atoms with Crippen LogP contribution in [0.2, 0.25) is 0 Å². The molecule has 0 saturated carbocycles. The summed E-state index contributed by atoms with van der Waals surface area (Å²) in [5.41, 5.74) is 12.1. The van der Waals surface area contributed by atoms with E-state index >= 15 is 0 Å². The van der Waals surface area contributed by atoms with Crippen LogP contribution in [0.15, 0.2) is 17.5 Å². The van der Waals surface area contributed by atoms with E-state index in [0.717, 1.165) is 18.5 Å². The molecule has 0 aliphatic carbocycles. The minimum Gasteiger partial charge on any atom is -0.330 e. The maximum absolute atomic E-state index is 5.55. The number of aryl methyl sites for hydroxylation is 3. The third kappa shape index (κ3) is 2.98. The fraction of sp³-hybridized carbons (Fsp3) is 0.400. The molecule has 18 heavy (non-hydrogen) atoms. The van der Waals surface area contributed by atoms with Crippen molar-refractivity contribution in [3.05, 3.63) is 50.5 Å². The molecule has 0 atom stereocenters. The van der Waals surface area contributed by atoms with Gasteiger partial charge in [0.1, 0.15) is 0 Å². The highest BCUT2D eigenvalue weighted by atomic mass is 32.1. The van der Waals surface area contributed by atoms with Gasteiger partial charge in [-0.3, -0.25) is 0 Å². The molecule has 2 aromatic rings. The van der Waals surface area contributed by atoms with Crippen LogP contribution >= 0.6 is 11.3 Å². The predicted molar refractivity (Wildman–Crippen MR) is 78.3 cm³/mol. The van der Waals surface area contributed by atoms with Crippen LogP contribution in [-0.4, -0.2) is 11.5 Å². The van der Waals surface area contributed by atoms with Crippen LogP contribution in [0, 0.1) is 20.8 Å². The zero-order valence-corrected chi connectivity index (χ0v) is 12.1. The van der Waals surface area contributed by atoms with Crippen molar-refractivity contribution in [2.75, 3.05) is 6.54 Å². The molecular weight excluding hydrogens is 240 g/mol. The Kier molecular flexibility index (Phi) is 4.15. The maximum atomic E-state index is 5.55. The maximum Gasteiger partial charge on any atom is 0.0972 e. The van der Waals surface area contributed by atoms with Gasteiger partial charge in [-0.05, 0) is 44.0 Å². The van der Waals surface area contributed by atoms with Gasteiger partial charge >= 0.3 is 0 Å². The highest BCUT2D eigenvalue weighted by Gasteiger charge is 2.08. The summed E-state index contributed by atoms with van der Waals surface area (Å²) in [6.45, 7) is 7.19. The molecule has 0 aliphatic rings. The molecule has 0 radical (unpaired) electrons. The first-order valence-electron chi connectivity index (χ1n) is 6.30. The Labute approximate surface area is 113 Å². The van der Waals surface area contributed by atoms with E-state index in [-0.39, 0.29) is 0 Å². The van der Waals surface area contributed by atoms with Crippen molar-refractivity contribution in [3.63, 3.8) is 0 Å². The van der Waals surface area contributed by atoms with Crippen LogP contribution in [-0.2, 0) is 12.8 Å². The van der Waals surface area contributed by atoms with Gasteiger partial charge in [0.2, 0.25) is 0 Å². The molecule has 0 aliphatic heterocycles. The number of nitrogens with two attached hydrogens (primary N) is 1. The lowest BCUT2D eigenvalue weighted by atomic mass is 9.98. The largest absolute Gasteiger partial charge is 0.330 e. The fourth-order valence-corrected chi connectivity index (χ4v) is 3.17. The van der Waals surface area contributed by atoms with E-state index < -0.39 is 0 Å².